The Morgan fingerprint density at radius 2 is 1.85 bits per heavy atom. The number of benzene rings is 1. The molecule has 2 aromatic heterocycles. The molecule has 0 radical (unpaired) electrons. The maximum atomic E-state index is 9.34. The third-order valence-corrected chi connectivity index (χ3v) is 4.23. The molecule has 3 aromatic rings. The summed E-state index contributed by atoms with van der Waals surface area (Å²) < 4.78 is 1.79. The van der Waals surface area contributed by atoms with Gasteiger partial charge in [0.25, 0.3) is 0 Å². The molecule has 0 aliphatic rings. The zero-order valence-electron chi connectivity index (χ0n) is 15.1. The van der Waals surface area contributed by atoms with Gasteiger partial charge in [-0.1, -0.05) is 44.2 Å². The molecule has 0 aliphatic carbocycles. The Kier molecular flexibility index (Phi) is 5.70. The van der Waals surface area contributed by atoms with E-state index in [0.717, 1.165) is 22.6 Å². The maximum absolute atomic E-state index is 9.34. The van der Waals surface area contributed by atoms with Crippen molar-refractivity contribution in [3.8, 4) is 0 Å². The van der Waals surface area contributed by atoms with Gasteiger partial charge >= 0.3 is 0 Å². The lowest BCUT2D eigenvalue weighted by Crippen LogP contribution is -2.28. The van der Waals surface area contributed by atoms with Gasteiger partial charge in [0.05, 0.1) is 25.5 Å². The van der Waals surface area contributed by atoms with Crippen molar-refractivity contribution in [2.45, 2.75) is 32.4 Å². The summed E-state index contributed by atoms with van der Waals surface area (Å²) in [7, 11) is 0. The number of aliphatic hydroxyl groups is 2. The van der Waals surface area contributed by atoms with Crippen LogP contribution in [0.3, 0.4) is 0 Å². The van der Waals surface area contributed by atoms with Crippen LogP contribution in [-0.4, -0.2) is 44.1 Å². The highest BCUT2D eigenvalue weighted by atomic mass is 16.3. The molecular weight excluding hydrogens is 330 g/mol. The molecule has 4 N–H and O–H groups in total. The van der Waals surface area contributed by atoms with Gasteiger partial charge in [0.1, 0.15) is 11.6 Å². The number of nitrogens with zero attached hydrogens (tertiary/aromatic N) is 3. The molecule has 0 amide bonds. The number of hydrogen-bond donors (Lipinski definition) is 4. The lowest BCUT2D eigenvalue weighted by atomic mass is 10.1. The van der Waals surface area contributed by atoms with Gasteiger partial charge in [-0.15, -0.1) is 0 Å². The monoisotopic (exact) mass is 355 g/mol. The summed E-state index contributed by atoms with van der Waals surface area (Å²) in [6, 6.07) is 11.5. The second-order valence-electron chi connectivity index (χ2n) is 6.56. The topological polar surface area (TPSA) is 94.7 Å². The minimum Gasteiger partial charge on any atom is -0.394 e. The van der Waals surface area contributed by atoms with Gasteiger partial charge in [-0.25, -0.2) is 4.98 Å². The lowest BCUT2D eigenvalue weighted by molar-refractivity contribution is 0.203. The third-order valence-electron chi connectivity index (χ3n) is 4.23. The molecule has 1 aromatic carbocycles. The molecule has 7 heteroatoms. The first-order chi connectivity index (χ1) is 12.6. The number of anilines is 2. The van der Waals surface area contributed by atoms with E-state index in [2.05, 4.69) is 46.7 Å². The molecule has 0 unspecified atom stereocenters. The van der Waals surface area contributed by atoms with E-state index in [1.165, 1.54) is 0 Å². The smallest absolute Gasteiger partial charge is 0.163 e. The standard InChI is InChI=1S/C19H25N5O2/c1-13(2)16-10-21-24-18(20-9-14-6-4-3-5-7-14)8-17(23-19(16)24)22-15(11-25)12-26/h3-8,10,13,15,20,25-26H,9,11-12H2,1-2H3,(H,22,23). The number of aliphatic hydroxyl groups excluding tert-OH is 2. The summed E-state index contributed by atoms with van der Waals surface area (Å²) >= 11 is 0. The highest BCUT2D eigenvalue weighted by Crippen LogP contribution is 2.24. The molecule has 0 spiro atoms. The highest BCUT2D eigenvalue weighted by Gasteiger charge is 2.15. The Morgan fingerprint density at radius 1 is 1.12 bits per heavy atom. The van der Waals surface area contributed by atoms with Crippen molar-refractivity contribution in [3.05, 3.63) is 53.7 Å². The second kappa shape index (κ2) is 8.16. The van der Waals surface area contributed by atoms with Crippen LogP contribution in [0.2, 0.25) is 0 Å². The largest absolute Gasteiger partial charge is 0.394 e. The molecule has 0 atom stereocenters. The first-order valence-electron chi connectivity index (χ1n) is 8.77. The molecule has 0 saturated carbocycles. The van der Waals surface area contributed by atoms with Crippen LogP contribution in [0.15, 0.2) is 42.6 Å². The Balaban J connectivity index is 1.96. The normalized spacial score (nSPS) is 11.5. The van der Waals surface area contributed by atoms with Gasteiger partial charge in [-0.05, 0) is 11.5 Å². The van der Waals surface area contributed by atoms with Crippen LogP contribution >= 0.6 is 0 Å². The zero-order valence-corrected chi connectivity index (χ0v) is 15.1. The molecule has 26 heavy (non-hydrogen) atoms. The van der Waals surface area contributed by atoms with Crippen LogP contribution in [-0.2, 0) is 6.54 Å². The number of nitrogens with one attached hydrogen (secondary N) is 2. The maximum Gasteiger partial charge on any atom is 0.163 e. The third kappa shape index (κ3) is 3.95. The number of hydrogen-bond acceptors (Lipinski definition) is 6. The van der Waals surface area contributed by atoms with Gasteiger partial charge in [-0.2, -0.15) is 9.61 Å². The van der Waals surface area contributed by atoms with Crippen molar-refractivity contribution in [1.82, 2.24) is 14.6 Å². The Hall–Kier alpha value is -2.64. The van der Waals surface area contributed by atoms with E-state index >= 15 is 0 Å². The fourth-order valence-electron chi connectivity index (χ4n) is 2.73. The van der Waals surface area contributed by atoms with Crippen molar-refractivity contribution in [2.75, 3.05) is 23.8 Å². The summed E-state index contributed by atoms with van der Waals surface area (Å²) in [6.45, 7) is 4.50. The predicted octanol–water partition coefficient (Wildman–Crippen LogP) is 2.23. The van der Waals surface area contributed by atoms with Crippen LogP contribution in [0.25, 0.3) is 5.65 Å². The summed E-state index contributed by atoms with van der Waals surface area (Å²) in [5.74, 6) is 1.66. The highest BCUT2D eigenvalue weighted by molar-refractivity contribution is 5.61. The zero-order chi connectivity index (χ0) is 18.5. The number of aromatic nitrogens is 3. The fraction of sp³-hybridized carbons (Fsp3) is 0.368. The molecular formula is C19H25N5O2. The van der Waals surface area contributed by atoms with E-state index in [4.69, 9.17) is 0 Å². The van der Waals surface area contributed by atoms with Crippen LogP contribution < -0.4 is 10.6 Å². The summed E-state index contributed by atoms with van der Waals surface area (Å²) in [6.07, 6.45) is 1.83. The molecule has 0 fully saturated rings. The summed E-state index contributed by atoms with van der Waals surface area (Å²) in [5.41, 5.74) is 2.96. The minimum absolute atomic E-state index is 0.174. The lowest BCUT2D eigenvalue weighted by Gasteiger charge is -2.16. The van der Waals surface area contributed by atoms with E-state index in [9.17, 15) is 10.2 Å². The van der Waals surface area contributed by atoms with Crippen molar-refractivity contribution in [2.24, 2.45) is 0 Å². The number of rotatable bonds is 8. The van der Waals surface area contributed by atoms with E-state index in [0.29, 0.717) is 12.4 Å². The van der Waals surface area contributed by atoms with E-state index in [-0.39, 0.29) is 19.1 Å². The SMILES string of the molecule is CC(C)c1cnn2c(NCc3ccccc3)cc(NC(CO)CO)nc12. The fourth-order valence-corrected chi connectivity index (χ4v) is 2.73. The van der Waals surface area contributed by atoms with Crippen LogP contribution in [0, 0.1) is 0 Å². The molecule has 2 heterocycles. The van der Waals surface area contributed by atoms with Gasteiger partial charge < -0.3 is 20.8 Å². The van der Waals surface area contributed by atoms with Crippen molar-refractivity contribution in [3.63, 3.8) is 0 Å². The molecule has 0 aliphatic heterocycles. The molecule has 138 valence electrons. The Bertz CT molecular complexity index is 844. The number of fused-ring (bicyclic) bond motifs is 1. The van der Waals surface area contributed by atoms with E-state index in [1.807, 2.05) is 30.5 Å². The second-order valence-corrected chi connectivity index (χ2v) is 6.56. The van der Waals surface area contributed by atoms with Crippen molar-refractivity contribution in [1.29, 1.82) is 0 Å². The predicted molar refractivity (Wildman–Crippen MR) is 102 cm³/mol. The molecule has 3 rings (SSSR count). The van der Waals surface area contributed by atoms with Crippen LogP contribution in [0.4, 0.5) is 11.6 Å². The summed E-state index contributed by atoms with van der Waals surface area (Å²) in [5, 5.41) is 29.6. The average Bonchev–Trinajstić information content (AvgIpc) is 3.09. The Morgan fingerprint density at radius 3 is 2.50 bits per heavy atom. The first-order valence-corrected chi connectivity index (χ1v) is 8.77. The van der Waals surface area contributed by atoms with Gasteiger partial charge in [0.2, 0.25) is 0 Å². The van der Waals surface area contributed by atoms with Gasteiger partial charge in [-0.3, -0.25) is 0 Å². The minimum atomic E-state index is -0.461. The molecule has 7 nitrogen and oxygen atoms in total. The van der Waals surface area contributed by atoms with Crippen molar-refractivity contribution >= 4 is 17.3 Å². The molecule has 0 bridgehead atoms. The van der Waals surface area contributed by atoms with Crippen molar-refractivity contribution < 1.29 is 10.2 Å². The van der Waals surface area contributed by atoms with Crippen LogP contribution in [0.5, 0.6) is 0 Å². The van der Waals surface area contributed by atoms with Gasteiger partial charge in [0, 0.05) is 18.2 Å². The van der Waals surface area contributed by atoms with E-state index in [1.54, 1.807) is 4.52 Å². The molecule has 0 saturated heterocycles. The first kappa shape index (κ1) is 18.2. The van der Waals surface area contributed by atoms with E-state index < -0.39 is 6.04 Å². The van der Waals surface area contributed by atoms with Gasteiger partial charge in [0.15, 0.2) is 5.65 Å². The average molecular weight is 355 g/mol. The quantitative estimate of drug-likeness (QED) is 0.495. The Labute approximate surface area is 152 Å². The summed E-state index contributed by atoms with van der Waals surface area (Å²) in [4.78, 5) is 4.63. The van der Waals surface area contributed by atoms with Crippen LogP contribution in [0.1, 0.15) is 30.9 Å².